The van der Waals surface area contributed by atoms with Crippen LogP contribution < -0.4 is 5.32 Å². The second-order valence-corrected chi connectivity index (χ2v) is 9.10. The molecule has 0 fully saturated rings. The van der Waals surface area contributed by atoms with Crippen LogP contribution in [0.3, 0.4) is 0 Å². The van der Waals surface area contributed by atoms with Gasteiger partial charge in [-0.15, -0.1) is 0 Å². The zero-order valence-electron chi connectivity index (χ0n) is 20.1. The second kappa shape index (κ2) is 10.7. The lowest BCUT2D eigenvalue weighted by atomic mass is 10.0. The van der Waals surface area contributed by atoms with E-state index in [-0.39, 0.29) is 29.8 Å². The molecule has 0 bridgehead atoms. The largest absolute Gasteiger partial charge is 0.461 e. The number of hydrogen-bond donors (Lipinski definition) is 2. The van der Waals surface area contributed by atoms with Crippen LogP contribution in [0, 0.1) is 18.3 Å². The minimum absolute atomic E-state index is 0.133. The first-order chi connectivity index (χ1) is 16.5. The molecule has 1 heterocycles. The molecule has 1 aromatic heterocycles. The first kappa shape index (κ1) is 25.9. The summed E-state index contributed by atoms with van der Waals surface area (Å²) >= 11 is 6.21. The van der Waals surface area contributed by atoms with Crippen molar-refractivity contribution in [2.45, 2.75) is 39.7 Å². The molecule has 0 aliphatic rings. The number of halogens is 1. The molecule has 0 unspecified atom stereocenters. The monoisotopic (exact) mass is 494 g/mol. The zero-order chi connectivity index (χ0) is 25.8. The first-order valence-electron chi connectivity index (χ1n) is 11.1. The normalized spacial score (nSPS) is 11.1. The van der Waals surface area contributed by atoms with Gasteiger partial charge in [0.1, 0.15) is 6.07 Å². The van der Waals surface area contributed by atoms with Crippen molar-refractivity contribution in [2.24, 2.45) is 0 Å². The van der Waals surface area contributed by atoms with E-state index in [9.17, 15) is 14.7 Å². The number of carbonyl (C=O) groups excluding carboxylic acids is 2. The van der Waals surface area contributed by atoms with Crippen LogP contribution in [0.1, 0.15) is 64.0 Å². The maximum atomic E-state index is 12.9. The molecule has 35 heavy (non-hydrogen) atoms. The van der Waals surface area contributed by atoms with Gasteiger partial charge in [0.15, 0.2) is 5.69 Å². The minimum Gasteiger partial charge on any atom is -0.461 e. The van der Waals surface area contributed by atoms with Crippen molar-refractivity contribution < 1.29 is 19.4 Å². The number of aliphatic hydroxyl groups is 1. The highest BCUT2D eigenvalue weighted by Crippen LogP contribution is 2.26. The number of carbonyl (C=O) groups is 2. The molecule has 0 saturated carbocycles. The smallest absolute Gasteiger partial charge is 0.357 e. The first-order valence-corrected chi connectivity index (χ1v) is 11.5. The summed E-state index contributed by atoms with van der Waals surface area (Å²) in [5.74, 6) is -0.807. The zero-order valence-corrected chi connectivity index (χ0v) is 20.8. The van der Waals surface area contributed by atoms with E-state index in [1.807, 2.05) is 18.2 Å². The minimum atomic E-state index is -1.00. The maximum Gasteiger partial charge on any atom is 0.357 e. The van der Waals surface area contributed by atoms with Crippen molar-refractivity contribution in [3.63, 3.8) is 0 Å². The molecule has 1 amide bonds. The lowest BCUT2D eigenvalue weighted by molar-refractivity contribution is 0.0514. The fraction of sp³-hybridized carbons (Fsp3) is 0.308. The van der Waals surface area contributed by atoms with E-state index in [0.717, 1.165) is 5.56 Å². The number of amides is 1. The summed E-state index contributed by atoms with van der Waals surface area (Å²) in [7, 11) is 0. The van der Waals surface area contributed by atoms with Gasteiger partial charge in [0.25, 0.3) is 5.91 Å². The van der Waals surface area contributed by atoms with E-state index >= 15 is 0 Å². The van der Waals surface area contributed by atoms with Gasteiger partial charge in [0, 0.05) is 24.1 Å². The number of nitriles is 1. The van der Waals surface area contributed by atoms with E-state index in [1.165, 1.54) is 4.68 Å². The fourth-order valence-corrected chi connectivity index (χ4v) is 3.69. The van der Waals surface area contributed by atoms with Crippen LogP contribution in [-0.4, -0.2) is 45.5 Å². The average molecular weight is 495 g/mol. The van der Waals surface area contributed by atoms with Gasteiger partial charge in [-0.3, -0.25) is 4.79 Å². The molecule has 0 aliphatic carbocycles. The Kier molecular flexibility index (Phi) is 7.95. The molecule has 3 aromatic rings. The van der Waals surface area contributed by atoms with Crippen molar-refractivity contribution in [3.05, 3.63) is 81.1 Å². The predicted molar refractivity (Wildman–Crippen MR) is 132 cm³/mol. The van der Waals surface area contributed by atoms with Gasteiger partial charge in [0.2, 0.25) is 0 Å². The van der Waals surface area contributed by atoms with Gasteiger partial charge in [-0.1, -0.05) is 23.7 Å². The Labute approximate surface area is 209 Å². The van der Waals surface area contributed by atoms with Crippen molar-refractivity contribution in [1.82, 2.24) is 15.1 Å². The Morgan fingerprint density at radius 1 is 1.23 bits per heavy atom. The highest BCUT2D eigenvalue weighted by Gasteiger charge is 2.24. The molecule has 8 nitrogen and oxygen atoms in total. The molecular weight excluding hydrogens is 468 g/mol. The summed E-state index contributed by atoms with van der Waals surface area (Å²) in [5, 5.41) is 26.5. The van der Waals surface area contributed by atoms with Crippen molar-refractivity contribution in [3.8, 4) is 11.8 Å². The highest BCUT2D eigenvalue weighted by atomic mass is 35.5. The third kappa shape index (κ3) is 6.27. The molecule has 2 aromatic carbocycles. The molecule has 182 valence electrons. The van der Waals surface area contributed by atoms with Crippen LogP contribution in [0.5, 0.6) is 0 Å². The molecule has 3 rings (SSSR count). The lowest BCUT2D eigenvalue weighted by Crippen LogP contribution is -2.38. The van der Waals surface area contributed by atoms with Crippen LogP contribution in [-0.2, 0) is 11.2 Å². The fourth-order valence-electron chi connectivity index (χ4n) is 3.47. The quantitative estimate of drug-likeness (QED) is 0.457. The van der Waals surface area contributed by atoms with Crippen LogP contribution in [0.15, 0.2) is 42.5 Å². The van der Waals surface area contributed by atoms with Gasteiger partial charge < -0.3 is 15.2 Å². The van der Waals surface area contributed by atoms with Gasteiger partial charge >= 0.3 is 5.97 Å². The average Bonchev–Trinajstić information content (AvgIpc) is 3.13. The van der Waals surface area contributed by atoms with Crippen LogP contribution >= 0.6 is 11.6 Å². The van der Waals surface area contributed by atoms with Gasteiger partial charge in [-0.25, -0.2) is 9.48 Å². The lowest BCUT2D eigenvalue weighted by Gasteiger charge is -2.17. The van der Waals surface area contributed by atoms with E-state index in [2.05, 4.69) is 10.4 Å². The molecule has 0 radical (unpaired) electrons. The van der Waals surface area contributed by atoms with Crippen LogP contribution in [0.25, 0.3) is 5.69 Å². The number of nitrogens with zero attached hydrogens (tertiary/aromatic N) is 3. The second-order valence-electron chi connectivity index (χ2n) is 8.69. The summed E-state index contributed by atoms with van der Waals surface area (Å²) in [6.07, 6.45) is 0.384. The third-order valence-electron chi connectivity index (χ3n) is 5.25. The van der Waals surface area contributed by atoms with E-state index < -0.39 is 11.6 Å². The third-order valence-corrected chi connectivity index (χ3v) is 5.56. The number of aryl methyl sites for hydroxylation is 1. The number of nitrogens with one attached hydrogen (secondary N) is 1. The molecule has 2 N–H and O–H groups in total. The number of esters is 1. The van der Waals surface area contributed by atoms with Crippen molar-refractivity contribution >= 4 is 23.5 Å². The SMILES string of the molecule is CCOC(=O)c1c(Cc2ccc(C(=O)NCC(C)(C)O)cc2)c(C)nn1-c1ccc(C#N)c(Cl)c1. The Bertz CT molecular complexity index is 1280. The summed E-state index contributed by atoms with van der Waals surface area (Å²) < 4.78 is 6.78. The Balaban J connectivity index is 1.93. The number of aromatic nitrogens is 2. The van der Waals surface area contributed by atoms with Crippen molar-refractivity contribution in [2.75, 3.05) is 13.2 Å². The topological polar surface area (TPSA) is 117 Å². The van der Waals surface area contributed by atoms with Gasteiger partial charge in [-0.2, -0.15) is 10.4 Å². The van der Waals surface area contributed by atoms with E-state index in [4.69, 9.17) is 21.6 Å². The summed E-state index contributed by atoms with van der Waals surface area (Å²) in [5.41, 5.74) is 2.78. The van der Waals surface area contributed by atoms with Crippen LogP contribution in [0.4, 0.5) is 0 Å². The Morgan fingerprint density at radius 3 is 2.49 bits per heavy atom. The molecular formula is C26H27ClN4O4. The summed E-state index contributed by atoms with van der Waals surface area (Å²) in [4.78, 5) is 25.3. The van der Waals surface area contributed by atoms with Gasteiger partial charge in [0.05, 0.1) is 34.2 Å². The van der Waals surface area contributed by atoms with E-state index in [0.29, 0.717) is 34.5 Å². The Hall–Kier alpha value is -3.67. The number of hydrogen-bond acceptors (Lipinski definition) is 6. The molecule has 9 heteroatoms. The van der Waals surface area contributed by atoms with Gasteiger partial charge in [-0.05, 0) is 63.6 Å². The molecule has 0 atom stereocenters. The van der Waals surface area contributed by atoms with Crippen molar-refractivity contribution in [1.29, 1.82) is 5.26 Å². The molecule has 0 spiro atoms. The highest BCUT2D eigenvalue weighted by molar-refractivity contribution is 6.31. The standard InChI is InChI=1S/C26H27ClN4O4/c1-5-35-25(33)23-21(16(2)30-31(23)20-11-10-19(14-28)22(27)13-20)12-17-6-8-18(9-7-17)24(32)29-15-26(3,4)34/h6-11,13,34H,5,12,15H2,1-4H3,(H,29,32). The number of ether oxygens (including phenoxy) is 1. The number of rotatable bonds is 8. The Morgan fingerprint density at radius 2 is 1.91 bits per heavy atom. The maximum absolute atomic E-state index is 12.9. The van der Waals surface area contributed by atoms with Crippen LogP contribution in [0.2, 0.25) is 5.02 Å². The summed E-state index contributed by atoms with van der Waals surface area (Å²) in [6, 6.07) is 13.8. The number of benzene rings is 2. The van der Waals surface area contributed by atoms with E-state index in [1.54, 1.807) is 58.0 Å². The molecule has 0 saturated heterocycles. The predicted octanol–water partition coefficient (Wildman–Crippen LogP) is 3.97. The molecule has 0 aliphatic heterocycles. The summed E-state index contributed by atoms with van der Waals surface area (Å²) in [6.45, 7) is 7.10.